The molecule has 1 heterocycles. The minimum absolute atomic E-state index is 0.197. The predicted molar refractivity (Wildman–Crippen MR) is 106 cm³/mol. The summed E-state index contributed by atoms with van der Waals surface area (Å²) in [4.78, 5) is 51.0. The number of imide groups is 1. The fourth-order valence-corrected chi connectivity index (χ4v) is 4.17. The number of ether oxygens (including phenoxy) is 1. The molecule has 1 aliphatic carbocycles. The number of hydrogen-bond donors (Lipinski definition) is 1. The van der Waals surface area contributed by atoms with E-state index < -0.39 is 24.0 Å². The summed E-state index contributed by atoms with van der Waals surface area (Å²) in [6.45, 7) is 3.10. The summed E-state index contributed by atoms with van der Waals surface area (Å²) in [7, 11) is 0. The molecule has 1 aromatic rings. The van der Waals surface area contributed by atoms with Crippen molar-refractivity contribution >= 4 is 35.3 Å². The van der Waals surface area contributed by atoms with Crippen molar-refractivity contribution in [2.24, 2.45) is 11.8 Å². The van der Waals surface area contributed by atoms with Crippen LogP contribution < -0.4 is 5.32 Å². The lowest BCUT2D eigenvalue weighted by Gasteiger charge is -2.23. The number of halogens is 1. The van der Waals surface area contributed by atoms with Gasteiger partial charge in [-0.05, 0) is 38.3 Å². The molecule has 8 heteroatoms. The molecule has 0 bridgehead atoms. The third kappa shape index (κ3) is 4.45. The summed E-state index contributed by atoms with van der Waals surface area (Å²) >= 11 is 6.06. The zero-order valence-corrected chi connectivity index (χ0v) is 17.3. The quantitative estimate of drug-likeness (QED) is 0.563. The standard InChI is InChI=1S/C21H25ClN2O5/c1-12(24-19(26)15-8-4-5-9-16(15)20(24)27)21(28)29-13(2)18(25)23-11-14-7-3-6-10-17(14)22/h3,6-7,10,12-13,15-16H,4-5,8-9,11H2,1-2H3,(H,23,25)/t12-,13+,15-,16+/m0/s1. The van der Waals surface area contributed by atoms with Crippen molar-refractivity contribution in [2.45, 2.75) is 58.2 Å². The topological polar surface area (TPSA) is 92.8 Å². The molecular weight excluding hydrogens is 396 g/mol. The molecule has 7 nitrogen and oxygen atoms in total. The van der Waals surface area contributed by atoms with Gasteiger partial charge in [0.1, 0.15) is 6.04 Å². The number of hydrogen-bond acceptors (Lipinski definition) is 5. The first-order valence-corrected chi connectivity index (χ1v) is 10.3. The summed E-state index contributed by atoms with van der Waals surface area (Å²) < 4.78 is 5.22. The summed E-state index contributed by atoms with van der Waals surface area (Å²) in [5.74, 6) is -2.53. The third-order valence-corrected chi connectivity index (χ3v) is 6.05. The van der Waals surface area contributed by atoms with Gasteiger partial charge in [0.2, 0.25) is 11.8 Å². The van der Waals surface area contributed by atoms with Crippen LogP contribution in [0.1, 0.15) is 45.1 Å². The maximum Gasteiger partial charge on any atom is 0.329 e. The second kappa shape index (κ2) is 8.95. The number of amides is 3. The van der Waals surface area contributed by atoms with Crippen molar-refractivity contribution < 1.29 is 23.9 Å². The van der Waals surface area contributed by atoms with Crippen molar-refractivity contribution in [1.29, 1.82) is 0 Å². The molecule has 1 saturated carbocycles. The van der Waals surface area contributed by atoms with E-state index in [0.29, 0.717) is 17.9 Å². The highest BCUT2D eigenvalue weighted by atomic mass is 35.5. The van der Waals surface area contributed by atoms with Gasteiger partial charge in [-0.25, -0.2) is 4.79 Å². The molecule has 29 heavy (non-hydrogen) atoms. The molecule has 1 aromatic carbocycles. The zero-order valence-electron chi connectivity index (χ0n) is 16.5. The van der Waals surface area contributed by atoms with Crippen molar-refractivity contribution in [3.05, 3.63) is 34.9 Å². The Morgan fingerprint density at radius 3 is 2.31 bits per heavy atom. The third-order valence-electron chi connectivity index (χ3n) is 5.68. The highest BCUT2D eigenvalue weighted by molar-refractivity contribution is 6.31. The molecule has 3 amide bonds. The second-order valence-electron chi connectivity index (χ2n) is 7.61. The van der Waals surface area contributed by atoms with Crippen LogP contribution >= 0.6 is 11.6 Å². The lowest BCUT2D eigenvalue weighted by atomic mass is 9.81. The van der Waals surface area contributed by atoms with E-state index in [1.54, 1.807) is 24.3 Å². The highest BCUT2D eigenvalue weighted by Crippen LogP contribution is 2.38. The molecule has 1 saturated heterocycles. The smallest absolute Gasteiger partial charge is 0.329 e. The normalized spacial score (nSPS) is 23.3. The van der Waals surface area contributed by atoms with Gasteiger partial charge in [-0.3, -0.25) is 19.3 Å². The second-order valence-corrected chi connectivity index (χ2v) is 8.02. The zero-order chi connectivity index (χ0) is 21.1. The molecule has 0 radical (unpaired) electrons. The molecule has 4 atom stereocenters. The Labute approximate surface area is 174 Å². The van der Waals surface area contributed by atoms with Crippen LogP contribution in [0.5, 0.6) is 0 Å². The summed E-state index contributed by atoms with van der Waals surface area (Å²) in [5.41, 5.74) is 0.741. The molecule has 1 N–H and O–H groups in total. The van der Waals surface area contributed by atoms with Gasteiger partial charge in [-0.1, -0.05) is 42.6 Å². The van der Waals surface area contributed by atoms with Gasteiger partial charge in [0, 0.05) is 11.6 Å². The Morgan fingerprint density at radius 1 is 1.14 bits per heavy atom. The van der Waals surface area contributed by atoms with E-state index in [4.69, 9.17) is 16.3 Å². The summed E-state index contributed by atoms with van der Waals surface area (Å²) in [6.07, 6.45) is 2.11. The maximum absolute atomic E-state index is 12.6. The highest BCUT2D eigenvalue weighted by Gasteiger charge is 2.51. The monoisotopic (exact) mass is 420 g/mol. The molecule has 2 fully saturated rings. The Hall–Kier alpha value is -2.41. The molecule has 0 unspecified atom stereocenters. The van der Waals surface area contributed by atoms with Crippen LogP contribution in [0.4, 0.5) is 0 Å². The van der Waals surface area contributed by atoms with Gasteiger partial charge in [0.15, 0.2) is 6.10 Å². The van der Waals surface area contributed by atoms with Crippen LogP contribution in [0.3, 0.4) is 0 Å². The van der Waals surface area contributed by atoms with E-state index in [9.17, 15) is 19.2 Å². The Kier molecular flexibility index (Phi) is 6.57. The van der Waals surface area contributed by atoms with E-state index in [1.807, 2.05) is 0 Å². The van der Waals surface area contributed by atoms with E-state index in [1.165, 1.54) is 13.8 Å². The Morgan fingerprint density at radius 2 is 1.72 bits per heavy atom. The van der Waals surface area contributed by atoms with E-state index in [-0.39, 0.29) is 30.2 Å². The van der Waals surface area contributed by atoms with Crippen LogP contribution in [-0.4, -0.2) is 40.7 Å². The van der Waals surface area contributed by atoms with E-state index >= 15 is 0 Å². The first-order valence-electron chi connectivity index (χ1n) is 9.89. The predicted octanol–water partition coefficient (Wildman–Crippen LogP) is 2.45. The summed E-state index contributed by atoms with van der Waals surface area (Å²) in [5, 5.41) is 3.19. The van der Waals surface area contributed by atoms with Crippen LogP contribution in [0.2, 0.25) is 5.02 Å². The van der Waals surface area contributed by atoms with E-state index in [2.05, 4.69) is 5.32 Å². The first kappa shape index (κ1) is 21.3. The number of carbonyl (C=O) groups excluding carboxylic acids is 4. The Bertz CT molecular complexity index is 803. The van der Waals surface area contributed by atoms with Crippen LogP contribution in [0.25, 0.3) is 0 Å². The SMILES string of the molecule is C[C@@H](OC(=O)[C@H](C)N1C(=O)[C@H]2CCCC[C@H]2C1=O)C(=O)NCc1ccccc1Cl. The number of benzene rings is 1. The van der Waals surface area contributed by atoms with Crippen molar-refractivity contribution in [2.75, 3.05) is 0 Å². The minimum atomic E-state index is -1.07. The molecule has 1 aliphatic heterocycles. The molecule has 0 aromatic heterocycles. The average Bonchev–Trinajstić information content (AvgIpc) is 2.97. The number of likely N-dealkylation sites (tertiary alicyclic amines) is 1. The lowest BCUT2D eigenvalue weighted by Crippen LogP contribution is -2.46. The average molecular weight is 421 g/mol. The number of esters is 1. The van der Waals surface area contributed by atoms with Gasteiger partial charge in [-0.2, -0.15) is 0 Å². The van der Waals surface area contributed by atoms with Gasteiger partial charge in [0.05, 0.1) is 11.8 Å². The molecule has 3 rings (SSSR count). The number of fused-ring (bicyclic) bond motifs is 1. The van der Waals surface area contributed by atoms with Gasteiger partial charge in [0.25, 0.3) is 5.91 Å². The van der Waals surface area contributed by atoms with Crippen molar-refractivity contribution in [3.8, 4) is 0 Å². The number of nitrogens with zero attached hydrogens (tertiary/aromatic N) is 1. The van der Waals surface area contributed by atoms with Crippen LogP contribution in [-0.2, 0) is 30.5 Å². The maximum atomic E-state index is 12.6. The van der Waals surface area contributed by atoms with Crippen LogP contribution in [0.15, 0.2) is 24.3 Å². The fraction of sp³-hybridized carbons (Fsp3) is 0.524. The van der Waals surface area contributed by atoms with Crippen molar-refractivity contribution in [1.82, 2.24) is 10.2 Å². The minimum Gasteiger partial charge on any atom is -0.451 e. The molecule has 156 valence electrons. The number of carbonyl (C=O) groups is 4. The number of nitrogens with one attached hydrogen (secondary N) is 1. The fourth-order valence-electron chi connectivity index (χ4n) is 3.97. The number of rotatable bonds is 6. The van der Waals surface area contributed by atoms with Crippen molar-refractivity contribution in [3.63, 3.8) is 0 Å². The Balaban J connectivity index is 1.56. The molecule has 2 aliphatic rings. The molecule has 0 spiro atoms. The summed E-state index contributed by atoms with van der Waals surface area (Å²) in [6, 6.07) is 6.04. The van der Waals surface area contributed by atoms with E-state index in [0.717, 1.165) is 23.3 Å². The largest absolute Gasteiger partial charge is 0.451 e. The first-order chi connectivity index (χ1) is 13.8. The van der Waals surface area contributed by atoms with Crippen LogP contribution in [0, 0.1) is 11.8 Å². The lowest BCUT2D eigenvalue weighted by molar-refractivity contribution is -0.164. The van der Waals surface area contributed by atoms with Gasteiger partial charge < -0.3 is 10.1 Å². The molecular formula is C21H25ClN2O5. The van der Waals surface area contributed by atoms with Gasteiger partial charge in [-0.15, -0.1) is 0 Å². The van der Waals surface area contributed by atoms with Gasteiger partial charge >= 0.3 is 5.97 Å².